The van der Waals surface area contributed by atoms with Crippen molar-refractivity contribution >= 4 is 21.7 Å². The van der Waals surface area contributed by atoms with Crippen molar-refractivity contribution in [2.45, 2.75) is 20.0 Å². The number of nitrogens with two attached hydrogens (primary N) is 1. The molecule has 2 aromatic rings. The lowest BCUT2D eigenvalue weighted by Gasteiger charge is -2.18. The second-order valence-electron chi connectivity index (χ2n) is 4.15. The van der Waals surface area contributed by atoms with Gasteiger partial charge in [-0.3, -0.25) is 0 Å². The number of hydrogen-bond acceptors (Lipinski definition) is 3. The van der Waals surface area contributed by atoms with Gasteiger partial charge >= 0.3 is 0 Å². The third-order valence-corrected chi connectivity index (χ3v) is 3.21. The van der Waals surface area contributed by atoms with Crippen molar-refractivity contribution in [2.24, 2.45) is 0 Å². The number of nitrogen functional groups attached to an aromatic ring is 1. The van der Waals surface area contributed by atoms with Gasteiger partial charge in [-0.2, -0.15) is 0 Å². The molecule has 18 heavy (non-hydrogen) atoms. The largest absolute Gasteiger partial charge is 0.482 e. The van der Waals surface area contributed by atoms with Crippen molar-refractivity contribution in [3.8, 4) is 5.75 Å². The lowest BCUT2D eigenvalue weighted by Crippen LogP contribution is -2.07. The maximum absolute atomic E-state index is 5.88. The quantitative estimate of drug-likeness (QED) is 0.936. The third kappa shape index (κ3) is 2.82. The van der Waals surface area contributed by atoms with Crippen LogP contribution in [0.3, 0.4) is 0 Å². The van der Waals surface area contributed by atoms with Crippen molar-refractivity contribution in [3.05, 3.63) is 52.1 Å². The Balaban J connectivity index is 2.24. The number of benzene rings is 1. The molecule has 1 unspecified atom stereocenters. The summed E-state index contributed by atoms with van der Waals surface area (Å²) in [6, 6.07) is 9.97. The van der Waals surface area contributed by atoms with Gasteiger partial charge in [-0.25, -0.2) is 4.98 Å². The molecule has 2 rings (SSSR count). The van der Waals surface area contributed by atoms with E-state index in [1.54, 1.807) is 6.20 Å². The normalized spacial score (nSPS) is 12.2. The van der Waals surface area contributed by atoms with Crippen LogP contribution in [0.25, 0.3) is 0 Å². The number of aromatic nitrogens is 1. The summed E-state index contributed by atoms with van der Waals surface area (Å²) < 4.78 is 6.73. The highest BCUT2D eigenvalue weighted by Crippen LogP contribution is 2.29. The van der Waals surface area contributed by atoms with E-state index in [0.717, 1.165) is 10.0 Å². The molecule has 0 radical (unpaired) electrons. The van der Waals surface area contributed by atoms with Crippen LogP contribution in [0.2, 0.25) is 0 Å². The fraction of sp³-hybridized carbons (Fsp3) is 0.214. The van der Waals surface area contributed by atoms with Crippen molar-refractivity contribution in [1.29, 1.82) is 0 Å². The molecule has 2 N–H and O–H groups in total. The Morgan fingerprint density at radius 3 is 2.78 bits per heavy atom. The average molecular weight is 307 g/mol. The Bertz CT molecular complexity index is 557. The zero-order valence-electron chi connectivity index (χ0n) is 10.4. The summed E-state index contributed by atoms with van der Waals surface area (Å²) in [5.41, 5.74) is 8.15. The summed E-state index contributed by atoms with van der Waals surface area (Å²) in [5, 5.41) is 0. The molecule has 0 bridgehead atoms. The number of rotatable bonds is 3. The summed E-state index contributed by atoms with van der Waals surface area (Å²) in [5.74, 6) is 0.999. The van der Waals surface area contributed by atoms with Crippen molar-refractivity contribution in [2.75, 3.05) is 5.73 Å². The summed E-state index contributed by atoms with van der Waals surface area (Å²) in [7, 11) is 0. The van der Waals surface area contributed by atoms with E-state index < -0.39 is 0 Å². The van der Waals surface area contributed by atoms with Crippen LogP contribution in [0.4, 0.5) is 5.82 Å². The molecule has 0 spiro atoms. The van der Waals surface area contributed by atoms with Crippen molar-refractivity contribution < 1.29 is 4.74 Å². The Morgan fingerprint density at radius 1 is 1.33 bits per heavy atom. The van der Waals surface area contributed by atoms with E-state index in [4.69, 9.17) is 10.5 Å². The Labute approximate surface area is 115 Å². The minimum Gasteiger partial charge on any atom is -0.482 e. The van der Waals surface area contributed by atoms with Gasteiger partial charge in [0.1, 0.15) is 6.10 Å². The highest BCUT2D eigenvalue weighted by molar-refractivity contribution is 9.10. The second-order valence-corrected chi connectivity index (χ2v) is 5.07. The monoisotopic (exact) mass is 306 g/mol. The first-order valence-corrected chi connectivity index (χ1v) is 6.50. The van der Waals surface area contributed by atoms with Gasteiger partial charge < -0.3 is 10.5 Å². The molecule has 3 nitrogen and oxygen atoms in total. The fourth-order valence-electron chi connectivity index (χ4n) is 1.82. The van der Waals surface area contributed by atoms with Crippen molar-refractivity contribution in [1.82, 2.24) is 4.98 Å². The molecule has 1 aromatic carbocycles. The minimum absolute atomic E-state index is 0.0652. The SMILES string of the molecule is Cc1ccccc1C(C)Oc1cc(Br)cnc1N. The first-order chi connectivity index (χ1) is 8.58. The van der Waals surface area contributed by atoms with Crippen LogP contribution in [-0.2, 0) is 0 Å². The van der Waals surface area contributed by atoms with Gasteiger partial charge in [0.25, 0.3) is 0 Å². The molecule has 0 saturated carbocycles. The number of hydrogen-bond donors (Lipinski definition) is 1. The molecule has 1 aromatic heterocycles. The highest BCUT2D eigenvalue weighted by Gasteiger charge is 2.12. The standard InChI is InChI=1S/C14H15BrN2O/c1-9-5-3-4-6-12(9)10(2)18-13-7-11(15)8-17-14(13)16/h3-8,10H,1-2H3,(H2,16,17). The predicted octanol–water partition coefficient (Wildman–Crippen LogP) is 3.87. The van der Waals surface area contributed by atoms with E-state index in [1.165, 1.54) is 5.56 Å². The first-order valence-electron chi connectivity index (χ1n) is 5.71. The molecule has 0 saturated heterocycles. The van der Waals surface area contributed by atoms with Crippen LogP contribution in [0.15, 0.2) is 41.0 Å². The molecule has 4 heteroatoms. The number of halogens is 1. The molecule has 0 aliphatic rings. The number of anilines is 1. The van der Waals surface area contributed by atoms with Crippen molar-refractivity contribution in [3.63, 3.8) is 0 Å². The second kappa shape index (κ2) is 5.40. The molecule has 1 heterocycles. The summed E-state index contributed by atoms with van der Waals surface area (Å²) in [4.78, 5) is 4.05. The van der Waals surface area contributed by atoms with Gasteiger partial charge in [-0.15, -0.1) is 0 Å². The molecule has 0 aliphatic heterocycles. The molecule has 0 amide bonds. The maximum atomic E-state index is 5.88. The van der Waals surface area contributed by atoms with E-state index >= 15 is 0 Å². The highest BCUT2D eigenvalue weighted by atomic mass is 79.9. The number of nitrogens with zero attached hydrogens (tertiary/aromatic N) is 1. The Kier molecular flexibility index (Phi) is 3.87. The van der Waals surface area contributed by atoms with Gasteiger partial charge in [0.15, 0.2) is 11.6 Å². The number of pyridine rings is 1. The van der Waals surface area contributed by atoms with Gasteiger partial charge in [-0.05, 0) is 47.0 Å². The van der Waals surface area contributed by atoms with Gasteiger partial charge in [0.05, 0.1) is 0 Å². The van der Waals surface area contributed by atoms with Gasteiger partial charge in [0.2, 0.25) is 0 Å². The molecular weight excluding hydrogens is 292 g/mol. The van der Waals surface area contributed by atoms with E-state index in [2.05, 4.69) is 40.0 Å². The zero-order valence-corrected chi connectivity index (χ0v) is 11.9. The lowest BCUT2D eigenvalue weighted by atomic mass is 10.0. The molecule has 1 atom stereocenters. The first kappa shape index (κ1) is 12.9. The Morgan fingerprint density at radius 2 is 2.06 bits per heavy atom. The summed E-state index contributed by atoms with van der Waals surface area (Å²) >= 11 is 3.36. The van der Waals surface area contributed by atoms with Crippen LogP contribution >= 0.6 is 15.9 Å². The van der Waals surface area contributed by atoms with Crippen LogP contribution in [0, 0.1) is 6.92 Å². The van der Waals surface area contributed by atoms with Crippen LogP contribution in [-0.4, -0.2) is 4.98 Å². The summed E-state index contributed by atoms with van der Waals surface area (Å²) in [6.07, 6.45) is 1.59. The van der Waals surface area contributed by atoms with Crippen LogP contribution in [0.5, 0.6) is 5.75 Å². The third-order valence-electron chi connectivity index (χ3n) is 2.78. The van der Waals surface area contributed by atoms with E-state index in [1.807, 2.05) is 25.1 Å². The fourth-order valence-corrected chi connectivity index (χ4v) is 2.13. The lowest BCUT2D eigenvalue weighted by molar-refractivity contribution is 0.226. The smallest absolute Gasteiger partial charge is 0.166 e. The van der Waals surface area contributed by atoms with E-state index in [9.17, 15) is 0 Å². The topological polar surface area (TPSA) is 48.1 Å². The van der Waals surface area contributed by atoms with E-state index in [-0.39, 0.29) is 6.10 Å². The van der Waals surface area contributed by atoms with E-state index in [0.29, 0.717) is 11.6 Å². The molecule has 0 aliphatic carbocycles. The minimum atomic E-state index is -0.0652. The van der Waals surface area contributed by atoms with Crippen LogP contribution < -0.4 is 10.5 Å². The summed E-state index contributed by atoms with van der Waals surface area (Å²) in [6.45, 7) is 4.07. The number of aryl methyl sites for hydroxylation is 1. The Hall–Kier alpha value is -1.55. The van der Waals surface area contributed by atoms with Gasteiger partial charge in [-0.1, -0.05) is 24.3 Å². The number of ether oxygens (including phenoxy) is 1. The zero-order chi connectivity index (χ0) is 13.1. The molecule has 0 fully saturated rings. The molecule has 94 valence electrons. The predicted molar refractivity (Wildman–Crippen MR) is 76.6 cm³/mol. The molecular formula is C14H15BrN2O. The maximum Gasteiger partial charge on any atom is 0.166 e. The van der Waals surface area contributed by atoms with Crippen LogP contribution in [0.1, 0.15) is 24.2 Å². The average Bonchev–Trinajstić information content (AvgIpc) is 2.34. The van der Waals surface area contributed by atoms with Gasteiger partial charge in [0, 0.05) is 10.7 Å².